The highest BCUT2D eigenvalue weighted by molar-refractivity contribution is 6.30. The standard InChI is InChI=1S/C16H23ClN2O.ClH/c1-19(15-10-13-5-6-14(11-15)18-13)7-8-20-16-4-2-3-12(17)9-16;/h2-4,9,13-15,18H,5-8,10-11H2,1H3;1H. The molecule has 1 N–H and O–H groups in total. The highest BCUT2D eigenvalue weighted by Gasteiger charge is 2.34. The van der Waals surface area contributed by atoms with Gasteiger partial charge >= 0.3 is 0 Å². The first-order valence-corrected chi connectivity index (χ1v) is 7.93. The lowest BCUT2D eigenvalue weighted by Crippen LogP contribution is -2.47. The first-order chi connectivity index (χ1) is 9.70. The van der Waals surface area contributed by atoms with E-state index in [9.17, 15) is 0 Å². The highest BCUT2D eigenvalue weighted by Crippen LogP contribution is 2.29. The summed E-state index contributed by atoms with van der Waals surface area (Å²) in [6.07, 6.45) is 5.27. The number of likely N-dealkylation sites (N-methyl/N-ethyl adjacent to an activating group) is 1. The third kappa shape index (κ3) is 4.49. The molecule has 1 aromatic carbocycles. The highest BCUT2D eigenvalue weighted by atomic mass is 35.5. The van der Waals surface area contributed by atoms with Gasteiger partial charge < -0.3 is 10.1 Å². The van der Waals surface area contributed by atoms with Crippen LogP contribution in [-0.2, 0) is 0 Å². The van der Waals surface area contributed by atoms with E-state index in [1.54, 1.807) is 0 Å². The molecule has 0 amide bonds. The van der Waals surface area contributed by atoms with E-state index in [-0.39, 0.29) is 12.4 Å². The fraction of sp³-hybridized carbons (Fsp3) is 0.625. The Morgan fingerprint density at radius 1 is 1.29 bits per heavy atom. The second-order valence-electron chi connectivity index (χ2n) is 6.05. The van der Waals surface area contributed by atoms with Crippen LogP contribution in [0.1, 0.15) is 25.7 Å². The number of hydrogen-bond donors (Lipinski definition) is 1. The van der Waals surface area contributed by atoms with E-state index >= 15 is 0 Å². The first kappa shape index (κ1) is 16.9. The molecule has 0 aliphatic carbocycles. The molecule has 0 aromatic heterocycles. The Morgan fingerprint density at radius 3 is 2.67 bits per heavy atom. The molecule has 0 saturated carbocycles. The Morgan fingerprint density at radius 2 is 2.00 bits per heavy atom. The van der Waals surface area contributed by atoms with E-state index < -0.39 is 0 Å². The molecule has 2 unspecified atom stereocenters. The lowest BCUT2D eigenvalue weighted by Gasteiger charge is -2.35. The van der Waals surface area contributed by atoms with Gasteiger partial charge in [-0.1, -0.05) is 17.7 Å². The van der Waals surface area contributed by atoms with Gasteiger partial charge in [0, 0.05) is 29.7 Å². The summed E-state index contributed by atoms with van der Waals surface area (Å²) < 4.78 is 5.78. The smallest absolute Gasteiger partial charge is 0.120 e. The van der Waals surface area contributed by atoms with Crippen LogP contribution in [-0.4, -0.2) is 43.2 Å². The molecule has 2 aliphatic heterocycles. The summed E-state index contributed by atoms with van der Waals surface area (Å²) in [6.45, 7) is 1.69. The molecular formula is C16H24Cl2N2O. The zero-order chi connectivity index (χ0) is 13.9. The maximum atomic E-state index is 5.95. The molecule has 3 nitrogen and oxygen atoms in total. The van der Waals surface area contributed by atoms with Crippen LogP contribution >= 0.6 is 24.0 Å². The molecule has 2 fully saturated rings. The van der Waals surface area contributed by atoms with Gasteiger partial charge in [-0.15, -0.1) is 12.4 Å². The van der Waals surface area contributed by atoms with E-state index in [4.69, 9.17) is 16.3 Å². The van der Waals surface area contributed by atoms with E-state index in [0.29, 0.717) is 6.04 Å². The van der Waals surface area contributed by atoms with Crippen molar-refractivity contribution in [1.82, 2.24) is 10.2 Å². The van der Waals surface area contributed by atoms with Crippen molar-refractivity contribution in [2.45, 2.75) is 43.8 Å². The fourth-order valence-corrected chi connectivity index (χ4v) is 3.61. The number of rotatable bonds is 5. The largest absolute Gasteiger partial charge is 0.492 e. The summed E-state index contributed by atoms with van der Waals surface area (Å²) in [7, 11) is 2.22. The Balaban J connectivity index is 0.00000161. The Bertz CT molecular complexity index is 446. The molecular weight excluding hydrogens is 307 g/mol. The van der Waals surface area contributed by atoms with Crippen LogP contribution in [0.15, 0.2) is 24.3 Å². The summed E-state index contributed by atoms with van der Waals surface area (Å²) in [5, 5.41) is 4.42. The van der Waals surface area contributed by atoms with Crippen LogP contribution in [0, 0.1) is 0 Å². The van der Waals surface area contributed by atoms with Crippen LogP contribution in [0.4, 0.5) is 0 Å². The second-order valence-corrected chi connectivity index (χ2v) is 6.49. The van der Waals surface area contributed by atoms with Gasteiger partial charge in [0.25, 0.3) is 0 Å². The van der Waals surface area contributed by atoms with Gasteiger partial charge in [0.2, 0.25) is 0 Å². The second kappa shape index (κ2) is 7.68. The number of nitrogens with one attached hydrogen (secondary N) is 1. The molecule has 2 aliphatic rings. The van der Waals surface area contributed by atoms with Crippen molar-refractivity contribution in [2.75, 3.05) is 20.2 Å². The zero-order valence-corrected chi connectivity index (χ0v) is 14.0. The van der Waals surface area contributed by atoms with Gasteiger partial charge in [0.1, 0.15) is 12.4 Å². The number of nitrogens with zero attached hydrogens (tertiary/aromatic N) is 1. The maximum Gasteiger partial charge on any atom is 0.120 e. The van der Waals surface area contributed by atoms with Crippen LogP contribution in [0.2, 0.25) is 5.02 Å². The first-order valence-electron chi connectivity index (χ1n) is 7.55. The lowest BCUT2D eigenvalue weighted by molar-refractivity contribution is 0.147. The molecule has 1 aromatic rings. The van der Waals surface area contributed by atoms with E-state index in [2.05, 4.69) is 17.3 Å². The molecule has 0 spiro atoms. The number of ether oxygens (including phenoxy) is 1. The van der Waals surface area contributed by atoms with E-state index in [0.717, 1.165) is 36.0 Å². The van der Waals surface area contributed by atoms with Crippen LogP contribution in [0.3, 0.4) is 0 Å². The Hall–Kier alpha value is -0.480. The van der Waals surface area contributed by atoms with Gasteiger partial charge in [0.05, 0.1) is 0 Å². The minimum Gasteiger partial charge on any atom is -0.492 e. The van der Waals surface area contributed by atoms with Crippen molar-refractivity contribution >= 4 is 24.0 Å². The van der Waals surface area contributed by atoms with E-state index in [1.807, 2.05) is 24.3 Å². The number of halogens is 2. The summed E-state index contributed by atoms with van der Waals surface area (Å²) in [5.41, 5.74) is 0. The quantitative estimate of drug-likeness (QED) is 0.895. The Kier molecular flexibility index (Phi) is 6.18. The fourth-order valence-electron chi connectivity index (χ4n) is 3.43. The van der Waals surface area contributed by atoms with Gasteiger partial charge in [-0.3, -0.25) is 4.90 Å². The number of piperidine rings is 1. The molecule has 3 rings (SSSR count). The van der Waals surface area contributed by atoms with Gasteiger partial charge in [0.15, 0.2) is 0 Å². The van der Waals surface area contributed by atoms with Crippen LogP contribution in [0.5, 0.6) is 5.75 Å². The monoisotopic (exact) mass is 330 g/mol. The number of hydrogen-bond acceptors (Lipinski definition) is 3. The van der Waals surface area contributed by atoms with Gasteiger partial charge in [-0.05, 0) is 50.9 Å². The molecule has 0 radical (unpaired) electrons. The van der Waals surface area contributed by atoms with Crippen molar-refractivity contribution in [3.05, 3.63) is 29.3 Å². The molecule has 2 saturated heterocycles. The lowest BCUT2D eigenvalue weighted by atomic mass is 9.99. The summed E-state index contributed by atoms with van der Waals surface area (Å²) in [5.74, 6) is 0.858. The van der Waals surface area contributed by atoms with Crippen LogP contribution < -0.4 is 10.1 Å². The summed E-state index contributed by atoms with van der Waals surface area (Å²) >= 11 is 5.95. The number of fused-ring (bicyclic) bond motifs is 2. The SMILES string of the molecule is CN(CCOc1cccc(Cl)c1)C1CC2CCC(C1)N2.Cl. The zero-order valence-electron chi connectivity index (χ0n) is 12.4. The number of benzene rings is 1. The summed E-state index contributed by atoms with van der Waals surface area (Å²) in [6, 6.07) is 9.81. The van der Waals surface area contributed by atoms with Crippen molar-refractivity contribution in [3.8, 4) is 5.75 Å². The van der Waals surface area contributed by atoms with Crippen molar-refractivity contribution < 1.29 is 4.74 Å². The van der Waals surface area contributed by atoms with Crippen molar-refractivity contribution in [2.24, 2.45) is 0 Å². The molecule has 21 heavy (non-hydrogen) atoms. The maximum absolute atomic E-state index is 5.95. The average Bonchev–Trinajstić information content (AvgIpc) is 2.77. The summed E-state index contributed by atoms with van der Waals surface area (Å²) in [4.78, 5) is 2.46. The molecule has 2 atom stereocenters. The van der Waals surface area contributed by atoms with Gasteiger partial charge in [-0.25, -0.2) is 0 Å². The average molecular weight is 331 g/mol. The van der Waals surface area contributed by atoms with Crippen molar-refractivity contribution in [1.29, 1.82) is 0 Å². The predicted octanol–water partition coefficient (Wildman–Crippen LogP) is 3.36. The third-order valence-corrected chi connectivity index (χ3v) is 4.82. The minimum atomic E-state index is 0. The normalized spacial score (nSPS) is 27.5. The minimum absolute atomic E-state index is 0. The molecule has 2 heterocycles. The van der Waals surface area contributed by atoms with E-state index in [1.165, 1.54) is 25.7 Å². The molecule has 2 bridgehead atoms. The molecule has 118 valence electrons. The Labute approximate surface area is 138 Å². The van der Waals surface area contributed by atoms with Crippen molar-refractivity contribution in [3.63, 3.8) is 0 Å². The predicted molar refractivity (Wildman–Crippen MR) is 89.8 cm³/mol. The van der Waals surface area contributed by atoms with Crippen LogP contribution in [0.25, 0.3) is 0 Å². The molecule has 5 heteroatoms. The topological polar surface area (TPSA) is 24.5 Å². The third-order valence-electron chi connectivity index (χ3n) is 4.58. The van der Waals surface area contributed by atoms with Gasteiger partial charge in [-0.2, -0.15) is 0 Å².